The van der Waals surface area contributed by atoms with Gasteiger partial charge in [0, 0.05) is 23.0 Å². The maximum atomic E-state index is 13.4. The van der Waals surface area contributed by atoms with Gasteiger partial charge >= 0.3 is 0 Å². The Kier molecular flexibility index (Phi) is 5.49. The van der Waals surface area contributed by atoms with Gasteiger partial charge in [0.2, 0.25) is 0 Å². The predicted molar refractivity (Wildman–Crippen MR) is 123 cm³/mol. The van der Waals surface area contributed by atoms with Gasteiger partial charge in [-0.3, -0.25) is 4.79 Å². The zero-order valence-electron chi connectivity index (χ0n) is 18.0. The summed E-state index contributed by atoms with van der Waals surface area (Å²) in [6, 6.07) is 22.4. The molecular weight excluding hydrogens is 372 g/mol. The quantitative estimate of drug-likeness (QED) is 0.592. The minimum Gasteiger partial charge on any atom is -0.497 e. The lowest BCUT2D eigenvalue weighted by molar-refractivity contribution is 0.0974. The SMILES string of the molecule is COc1ccc(C(=O)N2c3ccc(C)cc3[C@@H](Nc3ccc(C)cc3)C[C@H]2C)cc1. The number of rotatable bonds is 4. The van der Waals surface area contributed by atoms with Crippen molar-refractivity contribution in [2.75, 3.05) is 17.3 Å². The van der Waals surface area contributed by atoms with Gasteiger partial charge in [-0.25, -0.2) is 0 Å². The molecule has 4 nitrogen and oxygen atoms in total. The van der Waals surface area contributed by atoms with Crippen LogP contribution in [0.5, 0.6) is 5.75 Å². The smallest absolute Gasteiger partial charge is 0.258 e. The first kappa shape index (κ1) is 20.0. The summed E-state index contributed by atoms with van der Waals surface area (Å²) in [5.74, 6) is 0.765. The molecule has 1 amide bonds. The Morgan fingerprint density at radius 1 is 0.967 bits per heavy atom. The fourth-order valence-electron chi connectivity index (χ4n) is 4.15. The van der Waals surface area contributed by atoms with E-state index in [2.05, 4.69) is 68.6 Å². The molecule has 1 heterocycles. The minimum atomic E-state index is 0.0176. The number of methoxy groups -OCH3 is 1. The van der Waals surface area contributed by atoms with Crippen molar-refractivity contribution in [3.63, 3.8) is 0 Å². The normalized spacial score (nSPS) is 17.9. The summed E-state index contributed by atoms with van der Waals surface area (Å²) in [4.78, 5) is 15.4. The number of benzene rings is 3. The number of nitrogens with one attached hydrogen (secondary N) is 1. The number of ether oxygens (including phenoxy) is 1. The largest absolute Gasteiger partial charge is 0.497 e. The molecule has 30 heavy (non-hydrogen) atoms. The first-order valence-corrected chi connectivity index (χ1v) is 10.4. The molecule has 0 bridgehead atoms. The number of carbonyl (C=O) groups excluding carboxylic acids is 1. The maximum absolute atomic E-state index is 13.4. The molecule has 1 aliphatic rings. The molecule has 0 saturated carbocycles. The second-order valence-corrected chi connectivity index (χ2v) is 8.11. The summed E-state index contributed by atoms with van der Waals surface area (Å²) in [7, 11) is 1.63. The van der Waals surface area contributed by atoms with Crippen LogP contribution in [0.2, 0.25) is 0 Å². The van der Waals surface area contributed by atoms with E-state index in [4.69, 9.17) is 4.74 Å². The van der Waals surface area contributed by atoms with Crippen molar-refractivity contribution < 1.29 is 9.53 Å². The fraction of sp³-hybridized carbons (Fsp3) is 0.269. The highest BCUT2D eigenvalue weighted by Crippen LogP contribution is 2.40. The van der Waals surface area contributed by atoms with Crippen molar-refractivity contribution in [3.05, 3.63) is 89.0 Å². The standard InChI is InChI=1S/C26H28N2O2/c1-17-5-10-21(11-6-17)27-24-16-19(3)28(25-14-7-18(2)15-23(24)25)26(29)20-8-12-22(30-4)13-9-20/h5-15,19,24,27H,16H2,1-4H3/t19-,24+/m1/s1. The van der Waals surface area contributed by atoms with E-state index >= 15 is 0 Å². The molecular formula is C26H28N2O2. The first-order valence-electron chi connectivity index (χ1n) is 10.4. The van der Waals surface area contributed by atoms with E-state index in [1.807, 2.05) is 29.2 Å². The number of carbonyl (C=O) groups is 1. The van der Waals surface area contributed by atoms with Crippen molar-refractivity contribution in [3.8, 4) is 5.75 Å². The molecule has 3 aromatic carbocycles. The van der Waals surface area contributed by atoms with Gasteiger partial charge < -0.3 is 15.0 Å². The molecule has 3 aromatic rings. The van der Waals surface area contributed by atoms with Gasteiger partial charge in [0.25, 0.3) is 5.91 Å². The van der Waals surface area contributed by atoms with E-state index in [9.17, 15) is 4.79 Å². The summed E-state index contributed by atoms with van der Waals surface area (Å²) in [5, 5.41) is 3.68. The van der Waals surface area contributed by atoms with Crippen molar-refractivity contribution in [2.45, 2.75) is 39.3 Å². The zero-order valence-corrected chi connectivity index (χ0v) is 18.0. The summed E-state index contributed by atoms with van der Waals surface area (Å²) in [5.41, 5.74) is 6.33. The van der Waals surface area contributed by atoms with Gasteiger partial charge in [-0.2, -0.15) is 0 Å². The zero-order chi connectivity index (χ0) is 21.3. The Hall–Kier alpha value is -3.27. The highest BCUT2D eigenvalue weighted by molar-refractivity contribution is 6.07. The van der Waals surface area contributed by atoms with E-state index in [1.54, 1.807) is 7.11 Å². The lowest BCUT2D eigenvalue weighted by atomic mass is 9.89. The van der Waals surface area contributed by atoms with Crippen LogP contribution >= 0.6 is 0 Å². The molecule has 0 unspecified atom stereocenters. The predicted octanol–water partition coefficient (Wildman–Crippen LogP) is 5.90. The van der Waals surface area contributed by atoms with Gasteiger partial charge in [-0.05, 0) is 75.2 Å². The average molecular weight is 401 g/mol. The van der Waals surface area contributed by atoms with E-state index in [0.29, 0.717) is 5.56 Å². The molecule has 2 atom stereocenters. The molecule has 154 valence electrons. The lowest BCUT2D eigenvalue weighted by Crippen LogP contribution is -2.44. The van der Waals surface area contributed by atoms with Crippen molar-refractivity contribution >= 4 is 17.3 Å². The monoisotopic (exact) mass is 400 g/mol. The number of hydrogen-bond acceptors (Lipinski definition) is 3. The third-order valence-electron chi connectivity index (χ3n) is 5.78. The van der Waals surface area contributed by atoms with Crippen LogP contribution in [0.1, 0.15) is 46.4 Å². The summed E-state index contributed by atoms with van der Waals surface area (Å²) < 4.78 is 5.23. The number of anilines is 2. The van der Waals surface area contributed by atoms with E-state index < -0.39 is 0 Å². The van der Waals surface area contributed by atoms with E-state index in [0.717, 1.165) is 29.1 Å². The number of nitrogens with zero attached hydrogens (tertiary/aromatic N) is 1. The number of amides is 1. The fourth-order valence-corrected chi connectivity index (χ4v) is 4.15. The number of hydrogen-bond donors (Lipinski definition) is 1. The Morgan fingerprint density at radius 2 is 1.63 bits per heavy atom. The molecule has 4 rings (SSSR count). The third kappa shape index (κ3) is 3.90. The molecule has 0 aliphatic carbocycles. The number of aryl methyl sites for hydroxylation is 2. The molecule has 4 heteroatoms. The van der Waals surface area contributed by atoms with Crippen molar-refractivity contribution in [2.24, 2.45) is 0 Å². The van der Waals surface area contributed by atoms with Gasteiger partial charge in [0.05, 0.1) is 13.2 Å². The highest BCUT2D eigenvalue weighted by Gasteiger charge is 2.34. The molecule has 0 spiro atoms. The van der Waals surface area contributed by atoms with E-state index in [-0.39, 0.29) is 18.0 Å². The number of fused-ring (bicyclic) bond motifs is 1. The summed E-state index contributed by atoms with van der Waals surface area (Å²) >= 11 is 0. The second kappa shape index (κ2) is 8.23. The van der Waals surface area contributed by atoms with Crippen LogP contribution in [0.15, 0.2) is 66.7 Å². The highest BCUT2D eigenvalue weighted by atomic mass is 16.5. The molecule has 1 aliphatic heterocycles. The maximum Gasteiger partial charge on any atom is 0.258 e. The average Bonchev–Trinajstić information content (AvgIpc) is 2.75. The van der Waals surface area contributed by atoms with Crippen molar-refractivity contribution in [1.82, 2.24) is 0 Å². The van der Waals surface area contributed by atoms with Crippen LogP contribution < -0.4 is 15.0 Å². The Bertz CT molecular complexity index is 1040. The Labute approximate surface area is 178 Å². The van der Waals surface area contributed by atoms with Crippen LogP contribution in [0, 0.1) is 13.8 Å². The van der Waals surface area contributed by atoms with Gasteiger partial charge in [-0.15, -0.1) is 0 Å². The lowest BCUT2D eigenvalue weighted by Gasteiger charge is -2.40. The summed E-state index contributed by atoms with van der Waals surface area (Å²) in [6.07, 6.45) is 0.840. The van der Waals surface area contributed by atoms with Crippen LogP contribution in [0.4, 0.5) is 11.4 Å². The Morgan fingerprint density at radius 3 is 2.30 bits per heavy atom. The van der Waals surface area contributed by atoms with Gasteiger partial charge in [0.15, 0.2) is 0 Å². The van der Waals surface area contributed by atoms with Crippen LogP contribution in [-0.4, -0.2) is 19.1 Å². The van der Waals surface area contributed by atoms with Crippen LogP contribution in [0.3, 0.4) is 0 Å². The molecule has 0 saturated heterocycles. The second-order valence-electron chi connectivity index (χ2n) is 8.11. The first-order chi connectivity index (χ1) is 14.5. The molecule has 1 N–H and O–H groups in total. The van der Waals surface area contributed by atoms with Crippen LogP contribution in [0.25, 0.3) is 0 Å². The molecule has 0 aromatic heterocycles. The van der Waals surface area contributed by atoms with Crippen molar-refractivity contribution in [1.29, 1.82) is 0 Å². The third-order valence-corrected chi connectivity index (χ3v) is 5.78. The van der Waals surface area contributed by atoms with Crippen LogP contribution in [-0.2, 0) is 0 Å². The Balaban J connectivity index is 1.68. The minimum absolute atomic E-state index is 0.0176. The molecule has 0 radical (unpaired) electrons. The topological polar surface area (TPSA) is 41.6 Å². The van der Waals surface area contributed by atoms with E-state index in [1.165, 1.54) is 11.1 Å². The molecule has 0 fully saturated rings. The van der Waals surface area contributed by atoms with Gasteiger partial charge in [0.1, 0.15) is 5.75 Å². The van der Waals surface area contributed by atoms with Gasteiger partial charge in [-0.1, -0.05) is 35.4 Å². The summed E-state index contributed by atoms with van der Waals surface area (Å²) in [6.45, 7) is 6.30.